The number of benzene rings is 1. The van der Waals surface area contributed by atoms with Crippen LogP contribution in [0.15, 0.2) is 36.5 Å². The highest BCUT2D eigenvalue weighted by atomic mass is 15.1. The molecule has 0 spiro atoms. The molecule has 0 saturated heterocycles. The minimum Gasteiger partial charge on any atom is -0.192 e. The highest BCUT2D eigenvalue weighted by Crippen LogP contribution is 2.47. The van der Waals surface area contributed by atoms with Gasteiger partial charge in [-0.3, -0.25) is 0 Å². The van der Waals surface area contributed by atoms with Crippen molar-refractivity contribution in [2.24, 2.45) is 0 Å². The molecule has 0 bridgehead atoms. The van der Waals surface area contributed by atoms with Gasteiger partial charge in [0, 0.05) is 30.4 Å². The van der Waals surface area contributed by atoms with Gasteiger partial charge < -0.3 is 0 Å². The molecule has 1 aromatic carbocycles. The lowest BCUT2D eigenvalue weighted by atomic mass is 9.69. The summed E-state index contributed by atoms with van der Waals surface area (Å²) in [4.78, 5) is 0. The highest BCUT2D eigenvalue weighted by Gasteiger charge is 2.50. The molecule has 1 aliphatic heterocycles. The molecule has 25 heavy (non-hydrogen) atoms. The number of pyridine rings is 1. The van der Waals surface area contributed by atoms with E-state index in [-0.39, 0.29) is 5.54 Å². The van der Waals surface area contributed by atoms with Gasteiger partial charge in [-0.2, -0.15) is 4.57 Å². The number of hydrogen-bond acceptors (Lipinski definition) is 0. The number of rotatable bonds is 6. The monoisotopic (exact) mass is 336 g/mol. The van der Waals surface area contributed by atoms with E-state index >= 15 is 0 Å². The van der Waals surface area contributed by atoms with E-state index in [0.29, 0.717) is 5.92 Å². The van der Waals surface area contributed by atoms with Gasteiger partial charge in [0.25, 0.3) is 0 Å². The standard InChI is InChI=1S/C24H34N/c1-6-10-13-19-14-15-20-21(17-19)23-18(5)12-11-16-25(23)24(8-3,9-4)22(20)7-2/h11-12,14-17,22H,6-10,13H2,1-5H3/q+1. The van der Waals surface area contributed by atoms with Gasteiger partial charge in [-0.1, -0.05) is 46.2 Å². The first-order valence-corrected chi connectivity index (χ1v) is 10.3. The number of fused-ring (bicyclic) bond motifs is 3. The molecule has 2 heterocycles. The van der Waals surface area contributed by atoms with Crippen LogP contribution in [0.2, 0.25) is 0 Å². The van der Waals surface area contributed by atoms with Gasteiger partial charge in [0.15, 0.2) is 11.7 Å². The molecule has 0 radical (unpaired) electrons. The molecule has 0 amide bonds. The van der Waals surface area contributed by atoms with Crippen LogP contribution in [0.4, 0.5) is 0 Å². The molecular formula is C24H34N+. The molecule has 134 valence electrons. The average molecular weight is 337 g/mol. The van der Waals surface area contributed by atoms with Crippen LogP contribution < -0.4 is 4.57 Å². The Kier molecular flexibility index (Phi) is 5.32. The lowest BCUT2D eigenvalue weighted by Crippen LogP contribution is -2.62. The zero-order chi connectivity index (χ0) is 18.0. The Morgan fingerprint density at radius 3 is 2.44 bits per heavy atom. The van der Waals surface area contributed by atoms with Crippen molar-refractivity contribution in [1.29, 1.82) is 0 Å². The van der Waals surface area contributed by atoms with Crippen molar-refractivity contribution in [3.63, 3.8) is 0 Å². The van der Waals surface area contributed by atoms with Crippen LogP contribution in [0.25, 0.3) is 11.3 Å². The Morgan fingerprint density at radius 2 is 1.80 bits per heavy atom. The van der Waals surface area contributed by atoms with E-state index in [2.05, 4.69) is 75.7 Å². The van der Waals surface area contributed by atoms with Crippen LogP contribution in [-0.4, -0.2) is 0 Å². The van der Waals surface area contributed by atoms with Crippen molar-refractivity contribution in [2.45, 2.75) is 84.6 Å². The second kappa shape index (κ2) is 7.32. The highest BCUT2D eigenvalue weighted by molar-refractivity contribution is 5.67. The molecule has 1 aliphatic rings. The van der Waals surface area contributed by atoms with Crippen molar-refractivity contribution < 1.29 is 4.57 Å². The van der Waals surface area contributed by atoms with E-state index in [4.69, 9.17) is 0 Å². The maximum absolute atomic E-state index is 2.63. The first-order chi connectivity index (χ1) is 12.1. The average Bonchev–Trinajstić information content (AvgIpc) is 2.65. The fraction of sp³-hybridized carbons (Fsp3) is 0.542. The predicted molar refractivity (Wildman–Crippen MR) is 107 cm³/mol. The number of unbranched alkanes of at least 4 members (excludes halogenated alkanes) is 1. The van der Waals surface area contributed by atoms with Crippen molar-refractivity contribution >= 4 is 0 Å². The Balaban J connectivity index is 2.27. The SMILES string of the molecule is CCCCc1ccc2c(c1)-c1c(C)ccc[n+]1C(CC)(CC)C2CC. The van der Waals surface area contributed by atoms with E-state index in [0.717, 1.165) is 0 Å². The normalized spacial score (nSPS) is 17.9. The second-order valence-electron chi connectivity index (χ2n) is 7.71. The zero-order valence-electron chi connectivity index (χ0n) is 16.7. The topological polar surface area (TPSA) is 3.88 Å². The number of aryl methyl sites for hydroxylation is 2. The molecule has 0 saturated carbocycles. The molecule has 0 fully saturated rings. The fourth-order valence-electron chi connectivity index (χ4n) is 5.12. The summed E-state index contributed by atoms with van der Waals surface area (Å²) in [5, 5.41) is 0. The van der Waals surface area contributed by atoms with Gasteiger partial charge in [-0.25, -0.2) is 0 Å². The van der Waals surface area contributed by atoms with E-state index in [9.17, 15) is 0 Å². The Bertz CT molecular complexity index is 740. The lowest BCUT2D eigenvalue weighted by Gasteiger charge is -2.40. The third-order valence-corrected chi connectivity index (χ3v) is 6.52. The third kappa shape index (κ3) is 2.82. The van der Waals surface area contributed by atoms with Gasteiger partial charge in [0.2, 0.25) is 5.69 Å². The summed E-state index contributed by atoms with van der Waals surface area (Å²) in [7, 11) is 0. The molecule has 3 rings (SSSR count). The Labute approximate surface area is 154 Å². The van der Waals surface area contributed by atoms with Crippen molar-refractivity contribution in [2.75, 3.05) is 0 Å². The smallest absolute Gasteiger partial charge is 0.192 e. The number of hydrogen-bond donors (Lipinski definition) is 0. The van der Waals surface area contributed by atoms with E-state index in [1.54, 1.807) is 5.56 Å². The lowest BCUT2D eigenvalue weighted by molar-refractivity contribution is -0.763. The first kappa shape index (κ1) is 18.2. The van der Waals surface area contributed by atoms with Crippen molar-refractivity contribution in [3.8, 4) is 11.3 Å². The molecular weight excluding hydrogens is 302 g/mol. The van der Waals surface area contributed by atoms with Crippen LogP contribution in [-0.2, 0) is 12.0 Å². The summed E-state index contributed by atoms with van der Waals surface area (Å²) in [5.41, 5.74) is 7.60. The molecule has 2 aromatic rings. The van der Waals surface area contributed by atoms with Gasteiger partial charge in [0.05, 0.1) is 5.56 Å². The summed E-state index contributed by atoms with van der Waals surface area (Å²) in [6.07, 6.45) is 9.62. The van der Waals surface area contributed by atoms with Crippen LogP contribution in [0.3, 0.4) is 0 Å². The fourth-order valence-corrected chi connectivity index (χ4v) is 5.12. The molecule has 1 unspecified atom stereocenters. The summed E-state index contributed by atoms with van der Waals surface area (Å²) in [6.45, 7) is 11.6. The second-order valence-corrected chi connectivity index (χ2v) is 7.71. The molecule has 0 aliphatic carbocycles. The quantitative estimate of drug-likeness (QED) is 0.544. The zero-order valence-corrected chi connectivity index (χ0v) is 16.7. The van der Waals surface area contributed by atoms with Crippen LogP contribution in [0.5, 0.6) is 0 Å². The largest absolute Gasteiger partial charge is 0.216 e. The van der Waals surface area contributed by atoms with E-state index < -0.39 is 0 Å². The molecule has 0 N–H and O–H groups in total. The molecule has 1 nitrogen and oxygen atoms in total. The summed E-state index contributed by atoms with van der Waals surface area (Å²) in [5.74, 6) is 0.594. The maximum Gasteiger partial charge on any atom is 0.216 e. The van der Waals surface area contributed by atoms with E-state index in [1.165, 1.54) is 60.9 Å². The van der Waals surface area contributed by atoms with Gasteiger partial charge in [-0.15, -0.1) is 0 Å². The van der Waals surface area contributed by atoms with Crippen molar-refractivity contribution in [3.05, 3.63) is 53.2 Å². The number of nitrogens with zero attached hydrogens (tertiary/aromatic N) is 1. The third-order valence-electron chi connectivity index (χ3n) is 6.52. The summed E-state index contributed by atoms with van der Waals surface area (Å²) in [6, 6.07) is 11.8. The molecule has 1 heteroatoms. The number of aromatic nitrogens is 1. The van der Waals surface area contributed by atoms with E-state index in [1.807, 2.05) is 0 Å². The van der Waals surface area contributed by atoms with Crippen LogP contribution in [0.1, 0.15) is 82.4 Å². The Morgan fingerprint density at radius 1 is 1.04 bits per heavy atom. The summed E-state index contributed by atoms with van der Waals surface area (Å²) >= 11 is 0. The summed E-state index contributed by atoms with van der Waals surface area (Å²) < 4.78 is 2.63. The van der Waals surface area contributed by atoms with Crippen molar-refractivity contribution in [1.82, 2.24) is 0 Å². The first-order valence-electron chi connectivity index (χ1n) is 10.3. The Hall–Kier alpha value is -1.63. The van der Waals surface area contributed by atoms with Gasteiger partial charge >= 0.3 is 0 Å². The van der Waals surface area contributed by atoms with Gasteiger partial charge in [-0.05, 0) is 49.4 Å². The van der Waals surface area contributed by atoms with Crippen LogP contribution in [0, 0.1) is 6.92 Å². The van der Waals surface area contributed by atoms with Crippen LogP contribution >= 0.6 is 0 Å². The molecule has 1 aromatic heterocycles. The minimum atomic E-state index is 0.202. The minimum absolute atomic E-state index is 0.202. The molecule has 1 atom stereocenters. The van der Waals surface area contributed by atoms with Gasteiger partial charge in [0.1, 0.15) is 0 Å². The maximum atomic E-state index is 2.63. The predicted octanol–water partition coefficient (Wildman–Crippen LogP) is 6.31.